The van der Waals surface area contributed by atoms with Crippen LogP contribution in [0.15, 0.2) is 36.4 Å². The quantitative estimate of drug-likeness (QED) is 0.621. The van der Waals surface area contributed by atoms with Crippen LogP contribution in [0.5, 0.6) is 5.75 Å². The summed E-state index contributed by atoms with van der Waals surface area (Å²) in [6, 6.07) is 10.9. The molecule has 0 radical (unpaired) electrons. The molecule has 6 heteroatoms. The van der Waals surface area contributed by atoms with Gasteiger partial charge < -0.3 is 4.74 Å². The van der Waals surface area contributed by atoms with Crippen molar-refractivity contribution >= 4 is 45.8 Å². The minimum Gasteiger partial charge on any atom is -0.495 e. The fourth-order valence-corrected chi connectivity index (χ4v) is 2.81. The second-order valence-corrected chi connectivity index (χ2v) is 5.59. The van der Waals surface area contributed by atoms with E-state index in [1.165, 1.54) is 0 Å². The Morgan fingerprint density at radius 2 is 1.81 bits per heavy atom. The van der Waals surface area contributed by atoms with E-state index in [0.717, 1.165) is 16.7 Å². The van der Waals surface area contributed by atoms with Gasteiger partial charge in [-0.2, -0.15) is 0 Å². The molecule has 3 aromatic rings. The number of hydrogen-bond acceptors (Lipinski definition) is 2. The number of benzene rings is 2. The summed E-state index contributed by atoms with van der Waals surface area (Å²) in [6.07, 6.45) is 0. The molecule has 1 heterocycles. The first-order valence-electron chi connectivity index (χ1n) is 6.21. The molecule has 3 rings (SSSR count). The van der Waals surface area contributed by atoms with Crippen LogP contribution in [0.1, 0.15) is 5.82 Å². The molecule has 0 bridgehead atoms. The molecule has 0 fully saturated rings. The molecule has 0 aliphatic rings. The van der Waals surface area contributed by atoms with E-state index >= 15 is 0 Å². The molecule has 1 aromatic heterocycles. The Bertz CT molecular complexity index is 814. The number of rotatable bonds is 3. The lowest BCUT2D eigenvalue weighted by Gasteiger charge is -2.13. The average Bonchev–Trinajstić information content (AvgIpc) is 2.84. The number of alkyl halides is 1. The van der Waals surface area contributed by atoms with E-state index in [0.29, 0.717) is 21.6 Å². The highest BCUT2D eigenvalue weighted by Crippen LogP contribution is 2.32. The van der Waals surface area contributed by atoms with Crippen molar-refractivity contribution in [1.82, 2.24) is 9.55 Å². The summed E-state index contributed by atoms with van der Waals surface area (Å²) in [6.45, 7) is 0. The zero-order chi connectivity index (χ0) is 15.0. The van der Waals surface area contributed by atoms with Gasteiger partial charge >= 0.3 is 0 Å². The van der Waals surface area contributed by atoms with Gasteiger partial charge in [-0.3, -0.25) is 4.57 Å². The molecule has 0 aliphatic carbocycles. The summed E-state index contributed by atoms with van der Waals surface area (Å²) < 4.78 is 7.35. The van der Waals surface area contributed by atoms with Gasteiger partial charge in [-0.1, -0.05) is 23.2 Å². The predicted molar refractivity (Wildman–Crippen MR) is 87.2 cm³/mol. The van der Waals surface area contributed by atoms with Gasteiger partial charge in [0.15, 0.2) is 0 Å². The molecule has 2 aromatic carbocycles. The Kier molecular flexibility index (Phi) is 3.98. The van der Waals surface area contributed by atoms with Crippen LogP contribution in [-0.4, -0.2) is 16.7 Å². The largest absolute Gasteiger partial charge is 0.495 e. The molecule has 0 amide bonds. The van der Waals surface area contributed by atoms with E-state index in [1.54, 1.807) is 19.2 Å². The van der Waals surface area contributed by atoms with E-state index in [4.69, 9.17) is 39.5 Å². The van der Waals surface area contributed by atoms with Crippen molar-refractivity contribution in [1.29, 1.82) is 0 Å². The number of nitrogens with zero attached hydrogens (tertiary/aromatic N) is 2. The molecule has 0 N–H and O–H groups in total. The highest BCUT2D eigenvalue weighted by molar-refractivity contribution is 6.31. The fourth-order valence-electron chi connectivity index (χ4n) is 2.30. The van der Waals surface area contributed by atoms with Crippen LogP contribution in [0.2, 0.25) is 10.0 Å². The van der Waals surface area contributed by atoms with Crippen LogP contribution >= 0.6 is 34.8 Å². The lowest BCUT2D eigenvalue weighted by atomic mass is 10.2. The number of fused-ring (bicyclic) bond motifs is 1. The predicted octanol–water partition coefficient (Wildman–Crippen LogP) is 5.08. The number of imidazole rings is 1. The van der Waals surface area contributed by atoms with Gasteiger partial charge in [-0.25, -0.2) is 4.98 Å². The number of hydrogen-bond donors (Lipinski definition) is 0. The van der Waals surface area contributed by atoms with Crippen LogP contribution in [0.4, 0.5) is 0 Å². The Morgan fingerprint density at radius 3 is 2.52 bits per heavy atom. The van der Waals surface area contributed by atoms with Gasteiger partial charge in [0.1, 0.15) is 11.6 Å². The Balaban J connectivity index is 2.36. The maximum Gasteiger partial charge on any atom is 0.143 e. The summed E-state index contributed by atoms with van der Waals surface area (Å²) >= 11 is 18.2. The number of ether oxygens (including phenoxy) is 1. The second kappa shape index (κ2) is 5.76. The van der Waals surface area contributed by atoms with E-state index in [-0.39, 0.29) is 5.88 Å². The van der Waals surface area contributed by atoms with Crippen molar-refractivity contribution in [2.45, 2.75) is 5.88 Å². The standard InChI is InChI=1S/C15H11Cl3N2O/c1-21-14-5-3-10(18)7-13(14)20-12-4-2-9(17)6-11(12)19-15(20)8-16/h2-7H,8H2,1H3. The molecule has 0 spiro atoms. The zero-order valence-corrected chi connectivity index (χ0v) is 13.4. The zero-order valence-electron chi connectivity index (χ0n) is 11.1. The van der Waals surface area contributed by atoms with Gasteiger partial charge in [0.25, 0.3) is 0 Å². The van der Waals surface area contributed by atoms with Crippen molar-refractivity contribution in [2.75, 3.05) is 7.11 Å². The monoisotopic (exact) mass is 340 g/mol. The van der Waals surface area contributed by atoms with Gasteiger partial charge in [0.2, 0.25) is 0 Å². The maximum absolute atomic E-state index is 6.12. The Morgan fingerprint density at radius 1 is 1.10 bits per heavy atom. The smallest absolute Gasteiger partial charge is 0.143 e. The van der Waals surface area contributed by atoms with Crippen LogP contribution in [0.3, 0.4) is 0 Å². The molecular weight excluding hydrogens is 331 g/mol. The molecule has 21 heavy (non-hydrogen) atoms. The third-order valence-electron chi connectivity index (χ3n) is 3.19. The molecule has 0 saturated carbocycles. The van der Waals surface area contributed by atoms with Gasteiger partial charge in [-0.15, -0.1) is 11.6 Å². The molecular formula is C15H11Cl3N2O. The normalized spacial score (nSPS) is 11.0. The summed E-state index contributed by atoms with van der Waals surface area (Å²) in [5.74, 6) is 1.66. The molecule has 0 saturated heterocycles. The van der Waals surface area contributed by atoms with Crippen molar-refractivity contribution < 1.29 is 4.74 Å². The number of methoxy groups -OCH3 is 1. The van der Waals surface area contributed by atoms with E-state index in [2.05, 4.69) is 4.98 Å². The molecule has 0 aliphatic heterocycles. The Hall–Kier alpha value is -1.42. The number of aromatic nitrogens is 2. The van der Waals surface area contributed by atoms with E-state index in [9.17, 15) is 0 Å². The highest BCUT2D eigenvalue weighted by atomic mass is 35.5. The first kappa shape index (κ1) is 14.5. The maximum atomic E-state index is 6.12. The Labute approximate surface area is 137 Å². The van der Waals surface area contributed by atoms with Crippen LogP contribution < -0.4 is 4.74 Å². The third kappa shape index (κ3) is 2.57. The van der Waals surface area contributed by atoms with Crippen LogP contribution in [-0.2, 0) is 5.88 Å². The van der Waals surface area contributed by atoms with Gasteiger partial charge in [0.05, 0.1) is 29.7 Å². The summed E-state index contributed by atoms with van der Waals surface area (Å²) in [7, 11) is 1.61. The van der Waals surface area contributed by atoms with Crippen LogP contribution in [0.25, 0.3) is 16.7 Å². The lowest BCUT2D eigenvalue weighted by molar-refractivity contribution is 0.413. The minimum atomic E-state index is 0.266. The average molecular weight is 342 g/mol. The fraction of sp³-hybridized carbons (Fsp3) is 0.133. The van der Waals surface area contributed by atoms with Crippen molar-refractivity contribution in [2.24, 2.45) is 0 Å². The first-order valence-corrected chi connectivity index (χ1v) is 7.50. The summed E-state index contributed by atoms with van der Waals surface area (Å²) in [5, 5.41) is 1.24. The number of halogens is 3. The van der Waals surface area contributed by atoms with Gasteiger partial charge in [-0.05, 0) is 36.4 Å². The molecule has 0 unspecified atom stereocenters. The highest BCUT2D eigenvalue weighted by Gasteiger charge is 2.15. The first-order chi connectivity index (χ1) is 10.1. The molecule has 108 valence electrons. The lowest BCUT2D eigenvalue weighted by Crippen LogP contribution is -2.02. The minimum absolute atomic E-state index is 0.266. The van der Waals surface area contributed by atoms with E-state index in [1.807, 2.05) is 28.8 Å². The summed E-state index contributed by atoms with van der Waals surface area (Å²) in [5.41, 5.74) is 2.47. The SMILES string of the molecule is COc1ccc(Cl)cc1-n1c(CCl)nc2cc(Cl)ccc21. The second-order valence-electron chi connectivity index (χ2n) is 4.45. The molecule has 3 nitrogen and oxygen atoms in total. The molecule has 0 atom stereocenters. The van der Waals surface area contributed by atoms with Crippen molar-refractivity contribution in [3.8, 4) is 11.4 Å². The third-order valence-corrected chi connectivity index (χ3v) is 3.90. The topological polar surface area (TPSA) is 27.1 Å². The summed E-state index contributed by atoms with van der Waals surface area (Å²) in [4.78, 5) is 4.52. The van der Waals surface area contributed by atoms with Crippen molar-refractivity contribution in [3.05, 3.63) is 52.3 Å². The van der Waals surface area contributed by atoms with E-state index < -0.39 is 0 Å². The van der Waals surface area contributed by atoms with Crippen LogP contribution in [0, 0.1) is 0 Å². The van der Waals surface area contributed by atoms with Gasteiger partial charge in [0, 0.05) is 10.0 Å². The van der Waals surface area contributed by atoms with Crippen molar-refractivity contribution in [3.63, 3.8) is 0 Å².